The summed E-state index contributed by atoms with van der Waals surface area (Å²) in [7, 11) is 1.74. The number of thioether (sulfide) groups is 1. The smallest absolute Gasteiger partial charge is 0.270 e. The monoisotopic (exact) mass is 567 g/mol. The molecule has 4 atom stereocenters. The highest BCUT2D eigenvalue weighted by atomic mass is 32.2. The van der Waals surface area contributed by atoms with E-state index >= 15 is 0 Å². The van der Waals surface area contributed by atoms with Crippen molar-refractivity contribution in [3.8, 4) is 0 Å². The normalized spacial score (nSPS) is 24.0. The Morgan fingerprint density at radius 2 is 1.82 bits per heavy atom. The minimum absolute atomic E-state index is 0.0668. The van der Waals surface area contributed by atoms with Gasteiger partial charge in [-0.2, -0.15) is 5.10 Å². The molecule has 214 valence electrons. The number of carbonyl (C=O) groups excluding carboxylic acids is 3. The van der Waals surface area contributed by atoms with Crippen LogP contribution in [0.15, 0.2) is 41.7 Å². The van der Waals surface area contributed by atoms with Gasteiger partial charge in [-0.1, -0.05) is 49.4 Å². The number of anilines is 1. The summed E-state index contributed by atoms with van der Waals surface area (Å²) in [4.78, 5) is 52.1. The minimum atomic E-state index is -0.959. The Kier molecular flexibility index (Phi) is 9.15. The summed E-state index contributed by atoms with van der Waals surface area (Å²) < 4.78 is 1.55. The van der Waals surface area contributed by atoms with E-state index in [4.69, 9.17) is 0 Å². The van der Waals surface area contributed by atoms with Crippen LogP contribution in [-0.4, -0.2) is 75.2 Å². The molecular formula is C28H37N7O4S. The molecule has 0 radical (unpaired) electrons. The van der Waals surface area contributed by atoms with Gasteiger partial charge in [-0.25, -0.2) is 0 Å². The minimum Gasteiger partial charge on any atom is -0.339 e. The number of aryl methyl sites for hydroxylation is 1. The molecule has 3 amide bonds. The average Bonchev–Trinajstić information content (AvgIpc) is 3.41. The average molecular weight is 568 g/mol. The predicted octanol–water partition coefficient (Wildman–Crippen LogP) is 2.54. The predicted molar refractivity (Wildman–Crippen MR) is 154 cm³/mol. The van der Waals surface area contributed by atoms with Gasteiger partial charge < -0.3 is 20.9 Å². The first-order chi connectivity index (χ1) is 19.4. The molecule has 0 spiro atoms. The largest absolute Gasteiger partial charge is 0.339 e. The molecule has 1 aromatic carbocycles. The van der Waals surface area contributed by atoms with Crippen LogP contribution in [0.1, 0.15) is 48.2 Å². The maximum Gasteiger partial charge on any atom is 0.270 e. The third-order valence-electron chi connectivity index (χ3n) is 8.26. The Morgan fingerprint density at radius 1 is 1.10 bits per heavy atom. The highest BCUT2D eigenvalue weighted by Crippen LogP contribution is 2.49. The number of nitrogens with one attached hydrogen (secondary N) is 3. The fourth-order valence-electron chi connectivity index (χ4n) is 6.02. The maximum absolute atomic E-state index is 13.4. The van der Waals surface area contributed by atoms with E-state index in [2.05, 4.69) is 26.2 Å². The lowest BCUT2D eigenvalue weighted by Gasteiger charge is -2.48. The van der Waals surface area contributed by atoms with Crippen molar-refractivity contribution in [1.82, 2.24) is 25.3 Å². The van der Waals surface area contributed by atoms with E-state index in [0.29, 0.717) is 43.5 Å². The molecule has 3 fully saturated rings. The Labute approximate surface area is 238 Å². The van der Waals surface area contributed by atoms with Crippen LogP contribution in [0.5, 0.6) is 0 Å². The first-order valence-corrected chi connectivity index (χ1v) is 15.0. The summed E-state index contributed by atoms with van der Waals surface area (Å²) in [5.41, 5.74) is 1.96. The van der Waals surface area contributed by atoms with Crippen LogP contribution in [0.4, 0.5) is 5.69 Å². The van der Waals surface area contributed by atoms with Gasteiger partial charge in [-0.15, -0.1) is 16.7 Å². The number of hydrogen-bond donors (Lipinski definition) is 3. The van der Waals surface area contributed by atoms with Gasteiger partial charge in [-0.05, 0) is 29.7 Å². The van der Waals surface area contributed by atoms with Crippen LogP contribution in [0.25, 0.3) is 0 Å². The second-order valence-electron chi connectivity index (χ2n) is 10.9. The van der Waals surface area contributed by atoms with E-state index in [0.717, 1.165) is 31.2 Å². The summed E-state index contributed by atoms with van der Waals surface area (Å²) in [5.74, 6) is -0.0233. The third kappa shape index (κ3) is 6.38. The lowest BCUT2D eigenvalue weighted by Crippen LogP contribution is -2.57. The highest BCUT2D eigenvalue weighted by molar-refractivity contribution is 8.02. The van der Waals surface area contributed by atoms with Gasteiger partial charge in [0.25, 0.3) is 11.8 Å². The summed E-state index contributed by atoms with van der Waals surface area (Å²) in [6, 6.07) is 7.97. The van der Waals surface area contributed by atoms with Gasteiger partial charge in [-0.3, -0.25) is 19.1 Å². The number of benzene rings is 1. The molecule has 0 bridgehead atoms. The van der Waals surface area contributed by atoms with Crippen LogP contribution in [-0.2, 0) is 23.1 Å². The molecule has 3 aliphatic rings. The highest BCUT2D eigenvalue weighted by Gasteiger charge is 2.50. The molecular weight excluding hydrogens is 530 g/mol. The van der Waals surface area contributed by atoms with E-state index in [9.17, 15) is 19.3 Å². The van der Waals surface area contributed by atoms with Gasteiger partial charge in [0.15, 0.2) is 6.04 Å². The van der Waals surface area contributed by atoms with Crippen LogP contribution >= 0.6 is 11.8 Å². The zero-order valence-electron chi connectivity index (χ0n) is 22.8. The van der Waals surface area contributed by atoms with E-state index in [1.165, 1.54) is 18.2 Å². The second-order valence-corrected chi connectivity index (χ2v) is 12.1. The first kappa shape index (κ1) is 28.3. The summed E-state index contributed by atoms with van der Waals surface area (Å²) in [6.45, 7) is 2.57. The van der Waals surface area contributed by atoms with Crippen molar-refractivity contribution < 1.29 is 14.4 Å². The SMILES string of the molecule is Cn1nccc1C(=O)NC1SC(C(=O)Nc2ccc(CC(N=O)C(=O)N3CCNCC3)cc2)C1C1CCCCC1. The van der Waals surface area contributed by atoms with E-state index in [1.807, 2.05) is 12.1 Å². The molecule has 2 aromatic rings. The summed E-state index contributed by atoms with van der Waals surface area (Å²) in [6.07, 6.45) is 7.48. The van der Waals surface area contributed by atoms with Crippen molar-refractivity contribution in [2.75, 3.05) is 31.5 Å². The quantitative estimate of drug-likeness (QED) is 0.396. The molecule has 4 unspecified atom stereocenters. The van der Waals surface area contributed by atoms with Crippen LogP contribution in [0, 0.1) is 16.7 Å². The van der Waals surface area contributed by atoms with Gasteiger partial charge in [0.2, 0.25) is 5.91 Å². The Hall–Kier alpha value is -3.25. The van der Waals surface area contributed by atoms with Crippen molar-refractivity contribution >= 4 is 35.2 Å². The molecule has 40 heavy (non-hydrogen) atoms. The fraction of sp³-hybridized carbons (Fsp3) is 0.571. The Balaban J connectivity index is 1.19. The number of amides is 3. The molecule has 3 N–H and O–H groups in total. The van der Waals surface area contributed by atoms with Crippen LogP contribution in [0.2, 0.25) is 0 Å². The van der Waals surface area contributed by atoms with Crippen molar-refractivity contribution in [3.63, 3.8) is 0 Å². The fourth-order valence-corrected chi connectivity index (χ4v) is 7.54. The third-order valence-corrected chi connectivity index (χ3v) is 9.81. The molecule has 1 saturated carbocycles. The number of nitroso groups, excluding NO2 is 1. The topological polar surface area (TPSA) is 138 Å². The van der Waals surface area contributed by atoms with Crippen LogP contribution < -0.4 is 16.0 Å². The van der Waals surface area contributed by atoms with Gasteiger partial charge in [0, 0.05) is 57.4 Å². The number of aromatic nitrogens is 2. The zero-order valence-corrected chi connectivity index (χ0v) is 23.6. The van der Waals surface area contributed by atoms with Gasteiger partial charge in [0.05, 0.1) is 10.6 Å². The Morgan fingerprint density at radius 3 is 2.48 bits per heavy atom. The number of carbonyl (C=O) groups is 3. The van der Waals surface area contributed by atoms with Crippen molar-refractivity contribution in [2.24, 2.45) is 24.1 Å². The lowest BCUT2D eigenvalue weighted by molar-refractivity contribution is -0.133. The number of piperazine rings is 1. The van der Waals surface area contributed by atoms with Crippen molar-refractivity contribution in [2.45, 2.75) is 55.2 Å². The van der Waals surface area contributed by atoms with E-state index in [1.54, 1.807) is 41.0 Å². The molecule has 2 aliphatic heterocycles. The molecule has 5 rings (SSSR count). The molecule has 1 aliphatic carbocycles. The van der Waals surface area contributed by atoms with Crippen LogP contribution in [0.3, 0.4) is 0 Å². The molecule has 12 heteroatoms. The summed E-state index contributed by atoms with van der Waals surface area (Å²) >= 11 is 1.50. The second kappa shape index (κ2) is 12.9. The molecule has 2 saturated heterocycles. The van der Waals surface area contributed by atoms with Crippen molar-refractivity contribution in [1.29, 1.82) is 0 Å². The lowest BCUT2D eigenvalue weighted by atomic mass is 9.77. The maximum atomic E-state index is 13.4. The standard InChI is InChI=1S/C28H37N7O4S/c1-34-22(11-12-30-34)25(36)32-27-23(19-5-3-2-4-6-19)24(40-27)26(37)31-20-9-7-18(8-10-20)17-21(33-39)28(38)35-15-13-29-14-16-35/h7-12,19,21,23-24,27,29H,2-6,13-17H2,1H3,(H,31,37)(H,32,36). The molecule has 1 aromatic heterocycles. The summed E-state index contributed by atoms with van der Waals surface area (Å²) in [5, 5.41) is 16.2. The molecule has 3 heterocycles. The zero-order chi connectivity index (χ0) is 28.1. The van der Waals surface area contributed by atoms with E-state index < -0.39 is 6.04 Å². The molecule has 11 nitrogen and oxygen atoms in total. The van der Waals surface area contributed by atoms with E-state index in [-0.39, 0.29) is 40.7 Å². The van der Waals surface area contributed by atoms with Gasteiger partial charge >= 0.3 is 0 Å². The van der Waals surface area contributed by atoms with Crippen molar-refractivity contribution in [3.05, 3.63) is 52.7 Å². The van der Waals surface area contributed by atoms with Gasteiger partial charge in [0.1, 0.15) is 5.69 Å². The number of hydrogen-bond acceptors (Lipinski definition) is 8. The number of rotatable bonds is 9. The Bertz CT molecular complexity index is 1210. The number of nitrogens with zero attached hydrogens (tertiary/aromatic N) is 4. The first-order valence-electron chi connectivity index (χ1n) is 14.1.